The van der Waals surface area contributed by atoms with Crippen molar-refractivity contribution in [1.29, 1.82) is 0 Å². The second-order valence-electron chi connectivity index (χ2n) is 4.06. The lowest BCUT2D eigenvalue weighted by Gasteiger charge is -2.02. The molecule has 0 fully saturated rings. The molecular weight excluding hydrogens is 232 g/mol. The molecule has 2 rings (SSSR count). The lowest BCUT2D eigenvalue weighted by Crippen LogP contribution is -2.00. The predicted molar refractivity (Wildman–Crippen MR) is 73.0 cm³/mol. The van der Waals surface area contributed by atoms with Crippen LogP contribution in [0.1, 0.15) is 27.0 Å². The number of hydrogen-bond donors (Lipinski definition) is 0. The highest BCUT2D eigenvalue weighted by Gasteiger charge is 2.07. The van der Waals surface area contributed by atoms with E-state index in [1.807, 2.05) is 62.4 Å². The lowest BCUT2D eigenvalue weighted by molar-refractivity contribution is 0.103. The fraction of sp³-hybridized carbons (Fsp3) is 0.133. The second-order valence-corrected chi connectivity index (χ2v) is 4.06. The summed E-state index contributed by atoms with van der Waals surface area (Å²) in [6.07, 6.45) is 0. The first-order chi connectivity index (χ1) is 7.66. The van der Waals surface area contributed by atoms with Gasteiger partial charge in [-0.3, -0.25) is 4.79 Å². The molecule has 0 bridgehead atoms. The van der Waals surface area contributed by atoms with Crippen LogP contribution in [0, 0.1) is 13.8 Å². The fourth-order valence-corrected chi connectivity index (χ4v) is 1.58. The Morgan fingerprint density at radius 3 is 1.29 bits per heavy atom. The van der Waals surface area contributed by atoms with Crippen LogP contribution in [-0.2, 0) is 0 Å². The van der Waals surface area contributed by atoms with Crippen molar-refractivity contribution in [3.63, 3.8) is 0 Å². The number of benzene rings is 2. The van der Waals surface area contributed by atoms with Crippen LogP contribution in [0.25, 0.3) is 0 Å². The van der Waals surface area contributed by atoms with Gasteiger partial charge in [-0.25, -0.2) is 0 Å². The SMILES string of the molecule is Cc1ccc(C(=O)c2ccc(C)cc2)cc1.Cl. The van der Waals surface area contributed by atoms with Crippen molar-refractivity contribution < 1.29 is 4.79 Å². The summed E-state index contributed by atoms with van der Waals surface area (Å²) in [7, 11) is 0. The summed E-state index contributed by atoms with van der Waals surface area (Å²) in [5.41, 5.74) is 3.82. The first-order valence-electron chi connectivity index (χ1n) is 5.35. The molecule has 0 saturated heterocycles. The van der Waals surface area contributed by atoms with Gasteiger partial charge in [0.05, 0.1) is 0 Å². The van der Waals surface area contributed by atoms with Crippen LogP contribution in [0.2, 0.25) is 0 Å². The Morgan fingerprint density at radius 2 is 1.00 bits per heavy atom. The third-order valence-electron chi connectivity index (χ3n) is 2.63. The Hall–Kier alpha value is -1.60. The summed E-state index contributed by atoms with van der Waals surface area (Å²) in [4.78, 5) is 12.1. The molecule has 0 aliphatic carbocycles. The smallest absolute Gasteiger partial charge is 0.193 e. The molecule has 88 valence electrons. The minimum absolute atomic E-state index is 0. The number of carbonyl (C=O) groups is 1. The normalized spacial score (nSPS) is 9.53. The maximum absolute atomic E-state index is 12.1. The van der Waals surface area contributed by atoms with Crippen LogP contribution in [0.4, 0.5) is 0 Å². The summed E-state index contributed by atoms with van der Waals surface area (Å²) in [5, 5.41) is 0. The third-order valence-corrected chi connectivity index (χ3v) is 2.63. The third kappa shape index (κ3) is 3.18. The van der Waals surface area contributed by atoms with E-state index in [1.165, 1.54) is 11.1 Å². The van der Waals surface area contributed by atoms with Crippen molar-refractivity contribution in [3.05, 3.63) is 70.8 Å². The number of hydrogen-bond acceptors (Lipinski definition) is 1. The van der Waals surface area contributed by atoms with Gasteiger partial charge in [-0.2, -0.15) is 0 Å². The van der Waals surface area contributed by atoms with Crippen molar-refractivity contribution in [2.24, 2.45) is 0 Å². The van der Waals surface area contributed by atoms with Crippen LogP contribution in [0.5, 0.6) is 0 Å². The van der Waals surface area contributed by atoms with E-state index < -0.39 is 0 Å². The molecule has 0 aliphatic rings. The predicted octanol–water partition coefficient (Wildman–Crippen LogP) is 3.96. The molecule has 0 atom stereocenters. The Morgan fingerprint density at radius 1 is 0.706 bits per heavy atom. The van der Waals surface area contributed by atoms with Crippen LogP contribution in [-0.4, -0.2) is 5.78 Å². The minimum Gasteiger partial charge on any atom is -0.289 e. The number of aryl methyl sites for hydroxylation is 2. The molecule has 2 aromatic carbocycles. The fourth-order valence-electron chi connectivity index (χ4n) is 1.58. The average Bonchev–Trinajstić information content (AvgIpc) is 2.30. The van der Waals surface area contributed by atoms with Crippen LogP contribution < -0.4 is 0 Å². The van der Waals surface area contributed by atoms with E-state index in [1.54, 1.807) is 0 Å². The van der Waals surface area contributed by atoms with Gasteiger partial charge in [0.25, 0.3) is 0 Å². The summed E-state index contributed by atoms with van der Waals surface area (Å²) in [5.74, 6) is 0.0833. The largest absolute Gasteiger partial charge is 0.289 e. The van der Waals surface area contributed by atoms with E-state index in [0.29, 0.717) is 0 Å². The van der Waals surface area contributed by atoms with E-state index in [2.05, 4.69) is 0 Å². The molecule has 0 radical (unpaired) electrons. The average molecular weight is 247 g/mol. The highest BCUT2D eigenvalue weighted by atomic mass is 35.5. The van der Waals surface area contributed by atoms with E-state index in [-0.39, 0.29) is 18.2 Å². The summed E-state index contributed by atoms with van der Waals surface area (Å²) >= 11 is 0. The van der Waals surface area contributed by atoms with E-state index in [4.69, 9.17) is 0 Å². The molecule has 0 saturated carbocycles. The Kier molecular flexibility index (Phi) is 4.47. The van der Waals surface area contributed by atoms with Crippen molar-refractivity contribution >= 4 is 18.2 Å². The molecule has 0 unspecified atom stereocenters. The van der Waals surface area contributed by atoms with Crippen molar-refractivity contribution in [2.75, 3.05) is 0 Å². The molecule has 2 aromatic rings. The molecular formula is C15H15ClO. The Labute approximate surface area is 108 Å². The van der Waals surface area contributed by atoms with Gasteiger partial charge in [0.15, 0.2) is 5.78 Å². The summed E-state index contributed by atoms with van der Waals surface area (Å²) in [6, 6.07) is 15.3. The zero-order valence-corrected chi connectivity index (χ0v) is 10.8. The molecule has 0 aliphatic heterocycles. The first kappa shape index (κ1) is 13.5. The van der Waals surface area contributed by atoms with Crippen LogP contribution in [0.3, 0.4) is 0 Å². The van der Waals surface area contributed by atoms with Crippen molar-refractivity contribution in [1.82, 2.24) is 0 Å². The monoisotopic (exact) mass is 246 g/mol. The highest BCUT2D eigenvalue weighted by Crippen LogP contribution is 2.11. The summed E-state index contributed by atoms with van der Waals surface area (Å²) in [6.45, 7) is 4.03. The standard InChI is InChI=1S/C15H14O.ClH/c1-11-3-7-13(8-4-11)15(16)14-9-5-12(2)6-10-14;/h3-10H,1-2H3;1H. The van der Waals surface area contributed by atoms with Gasteiger partial charge in [-0.15, -0.1) is 12.4 Å². The quantitative estimate of drug-likeness (QED) is 0.733. The van der Waals surface area contributed by atoms with Gasteiger partial charge in [0.2, 0.25) is 0 Å². The van der Waals surface area contributed by atoms with Crippen LogP contribution >= 0.6 is 12.4 Å². The number of halogens is 1. The molecule has 0 N–H and O–H groups in total. The number of carbonyl (C=O) groups excluding carboxylic acids is 1. The molecule has 0 amide bonds. The van der Waals surface area contributed by atoms with Crippen molar-refractivity contribution in [2.45, 2.75) is 13.8 Å². The van der Waals surface area contributed by atoms with Gasteiger partial charge in [0.1, 0.15) is 0 Å². The number of ketones is 1. The second kappa shape index (κ2) is 5.65. The molecule has 2 heteroatoms. The zero-order chi connectivity index (χ0) is 11.5. The molecule has 0 heterocycles. The molecule has 1 nitrogen and oxygen atoms in total. The molecule has 17 heavy (non-hydrogen) atoms. The van der Waals surface area contributed by atoms with Crippen LogP contribution in [0.15, 0.2) is 48.5 Å². The lowest BCUT2D eigenvalue weighted by atomic mass is 10.0. The minimum atomic E-state index is 0. The Bertz CT molecular complexity index is 450. The van der Waals surface area contributed by atoms with Gasteiger partial charge >= 0.3 is 0 Å². The van der Waals surface area contributed by atoms with E-state index in [9.17, 15) is 4.79 Å². The maximum atomic E-state index is 12.1. The topological polar surface area (TPSA) is 17.1 Å². The molecule has 0 spiro atoms. The van der Waals surface area contributed by atoms with Gasteiger partial charge in [-0.1, -0.05) is 59.7 Å². The highest BCUT2D eigenvalue weighted by molar-refractivity contribution is 6.08. The van der Waals surface area contributed by atoms with Gasteiger partial charge in [0, 0.05) is 11.1 Å². The van der Waals surface area contributed by atoms with E-state index >= 15 is 0 Å². The summed E-state index contributed by atoms with van der Waals surface area (Å²) < 4.78 is 0. The zero-order valence-electron chi connectivity index (χ0n) is 9.94. The maximum Gasteiger partial charge on any atom is 0.193 e. The first-order valence-corrected chi connectivity index (χ1v) is 5.35. The van der Waals surface area contributed by atoms with Gasteiger partial charge < -0.3 is 0 Å². The van der Waals surface area contributed by atoms with Gasteiger partial charge in [-0.05, 0) is 13.8 Å². The van der Waals surface area contributed by atoms with Crippen molar-refractivity contribution in [3.8, 4) is 0 Å². The number of rotatable bonds is 2. The van der Waals surface area contributed by atoms with E-state index in [0.717, 1.165) is 11.1 Å². The Balaban J connectivity index is 0.00000144. The molecule has 0 aromatic heterocycles.